The van der Waals surface area contributed by atoms with E-state index in [2.05, 4.69) is 38.3 Å². The normalized spacial score (nSPS) is 14.2. The van der Waals surface area contributed by atoms with Crippen molar-refractivity contribution in [3.05, 3.63) is 0 Å². The quantitative estimate of drug-likeness (QED) is 0.313. The summed E-state index contributed by atoms with van der Waals surface area (Å²) in [6, 6.07) is 0. The minimum atomic E-state index is -0.440. The first kappa shape index (κ1) is 23.1. The van der Waals surface area contributed by atoms with Crippen molar-refractivity contribution in [2.24, 2.45) is 0 Å². The molecule has 0 aromatic carbocycles. The molecule has 0 aliphatic heterocycles. The van der Waals surface area contributed by atoms with Gasteiger partial charge in [-0.15, -0.1) is 11.6 Å². The molecule has 0 saturated carbocycles. The number of aliphatic hydroxyl groups is 1. The first-order chi connectivity index (χ1) is 10.7. The highest BCUT2D eigenvalue weighted by Crippen LogP contribution is 2.19. The van der Waals surface area contributed by atoms with E-state index >= 15 is 0 Å². The minimum absolute atomic E-state index is 0.0474. The number of ether oxygens (including phenoxy) is 1. The molecule has 140 valence electrons. The summed E-state index contributed by atoms with van der Waals surface area (Å²) in [7, 11) is 2.02. The van der Waals surface area contributed by atoms with Gasteiger partial charge in [-0.05, 0) is 79.8 Å². The van der Waals surface area contributed by atoms with Crippen molar-refractivity contribution in [3.8, 4) is 0 Å². The summed E-state index contributed by atoms with van der Waals surface area (Å²) in [5.41, 5.74) is 0.174. The van der Waals surface area contributed by atoms with E-state index < -0.39 is 6.10 Å². The van der Waals surface area contributed by atoms with Gasteiger partial charge in [0.25, 0.3) is 0 Å². The van der Waals surface area contributed by atoms with Gasteiger partial charge in [-0.3, -0.25) is 0 Å². The zero-order valence-corrected chi connectivity index (χ0v) is 16.6. The summed E-state index contributed by atoms with van der Waals surface area (Å²) in [5, 5.41) is 15.9. The molecule has 0 aliphatic rings. The first-order valence-electron chi connectivity index (χ1n) is 9.00. The van der Waals surface area contributed by atoms with E-state index in [1.54, 1.807) is 0 Å². The maximum Gasteiger partial charge on any atom is 0.0799 e. The van der Waals surface area contributed by atoms with Crippen LogP contribution in [0.15, 0.2) is 0 Å². The molecule has 0 aliphatic carbocycles. The Balaban J connectivity index is 3.58. The topological polar surface area (TPSA) is 53.5 Å². The summed E-state index contributed by atoms with van der Waals surface area (Å²) < 4.78 is 6.04. The van der Waals surface area contributed by atoms with E-state index in [-0.39, 0.29) is 11.1 Å². The number of nitrogens with one attached hydrogen (secondary N) is 2. The van der Waals surface area contributed by atoms with Gasteiger partial charge in [-0.1, -0.05) is 0 Å². The first-order valence-corrected chi connectivity index (χ1v) is 9.53. The average molecular weight is 351 g/mol. The van der Waals surface area contributed by atoms with Crippen molar-refractivity contribution >= 4 is 11.6 Å². The number of rotatable bonds is 15. The van der Waals surface area contributed by atoms with E-state index in [1.807, 2.05) is 7.05 Å². The lowest BCUT2D eigenvalue weighted by molar-refractivity contribution is -0.0268. The fraction of sp³-hybridized carbons (Fsp3) is 1.00. The molecule has 0 saturated heterocycles. The van der Waals surface area contributed by atoms with E-state index in [9.17, 15) is 5.11 Å². The lowest BCUT2D eigenvalue weighted by atomic mass is 9.97. The van der Waals surface area contributed by atoms with Gasteiger partial charge in [0.05, 0.1) is 11.7 Å². The fourth-order valence-corrected chi connectivity index (χ4v) is 2.45. The van der Waals surface area contributed by atoms with Crippen molar-refractivity contribution in [1.82, 2.24) is 10.6 Å². The number of alkyl halides is 1. The fourth-order valence-electron chi connectivity index (χ4n) is 2.34. The van der Waals surface area contributed by atoms with Crippen molar-refractivity contribution in [2.45, 2.75) is 83.5 Å². The van der Waals surface area contributed by atoms with Gasteiger partial charge < -0.3 is 20.5 Å². The zero-order valence-electron chi connectivity index (χ0n) is 15.9. The predicted octanol–water partition coefficient (Wildman–Crippen LogP) is 3.31. The third-order valence-corrected chi connectivity index (χ3v) is 4.66. The van der Waals surface area contributed by atoms with E-state index in [0.29, 0.717) is 12.4 Å². The maximum absolute atomic E-state index is 9.33. The van der Waals surface area contributed by atoms with Gasteiger partial charge in [0, 0.05) is 24.6 Å². The number of halogens is 1. The molecule has 0 rings (SSSR count). The molecule has 3 N–H and O–H groups in total. The number of hydrogen-bond donors (Lipinski definition) is 3. The van der Waals surface area contributed by atoms with Gasteiger partial charge in [-0.25, -0.2) is 0 Å². The Bertz CT molecular complexity index is 286. The number of aliphatic hydroxyl groups excluding tert-OH is 1. The molecule has 1 unspecified atom stereocenters. The van der Waals surface area contributed by atoms with Crippen LogP contribution in [0, 0.1) is 0 Å². The summed E-state index contributed by atoms with van der Waals surface area (Å²) in [6.07, 6.45) is 6.33. The van der Waals surface area contributed by atoms with Crippen LogP contribution in [0.1, 0.15) is 66.2 Å². The Hall–Kier alpha value is 0.130. The third-order valence-electron chi connectivity index (χ3n) is 4.31. The van der Waals surface area contributed by atoms with Gasteiger partial charge in [-0.2, -0.15) is 0 Å². The van der Waals surface area contributed by atoms with Crippen LogP contribution in [-0.2, 0) is 4.74 Å². The molecule has 5 heteroatoms. The highest BCUT2D eigenvalue weighted by atomic mass is 35.5. The molecule has 4 nitrogen and oxygen atoms in total. The molecule has 1 atom stereocenters. The van der Waals surface area contributed by atoms with Gasteiger partial charge in [0.2, 0.25) is 0 Å². The van der Waals surface area contributed by atoms with Crippen LogP contribution in [0.3, 0.4) is 0 Å². The number of hydrogen-bond acceptors (Lipinski definition) is 4. The molecule has 0 amide bonds. The molecule has 0 spiro atoms. The zero-order chi connectivity index (χ0) is 17.8. The Morgan fingerprint density at radius 2 is 1.70 bits per heavy atom. The van der Waals surface area contributed by atoms with E-state index in [4.69, 9.17) is 16.3 Å². The van der Waals surface area contributed by atoms with Crippen LogP contribution in [0.5, 0.6) is 0 Å². The minimum Gasteiger partial charge on any atom is -0.391 e. The molecule has 0 radical (unpaired) electrons. The van der Waals surface area contributed by atoms with Gasteiger partial charge in [0.1, 0.15) is 0 Å². The number of unbranched alkanes of at least 4 members (excludes halogenated alkanes) is 2. The van der Waals surface area contributed by atoms with Crippen LogP contribution < -0.4 is 10.6 Å². The monoisotopic (exact) mass is 350 g/mol. The summed E-state index contributed by atoms with van der Waals surface area (Å²) in [6.45, 7) is 11.2. The van der Waals surface area contributed by atoms with E-state index in [1.165, 1.54) is 12.8 Å². The SMILES string of the molecule is CNC(C)(C)CCCCOC(C)(C)CCCCNCC(O)CCl. The standard InChI is InChI=1S/C18H39ClN2O2/c1-17(2,20-5)10-7-9-13-23-18(3,4)11-6-8-12-21-15-16(22)14-19/h16,20-22H,6-15H2,1-5H3. The van der Waals surface area contributed by atoms with Crippen molar-refractivity contribution in [3.63, 3.8) is 0 Å². The lowest BCUT2D eigenvalue weighted by Gasteiger charge is -2.27. The van der Waals surface area contributed by atoms with Crippen molar-refractivity contribution in [2.75, 3.05) is 32.6 Å². The van der Waals surface area contributed by atoms with Crippen LogP contribution in [0.4, 0.5) is 0 Å². The molecule has 0 aromatic rings. The average Bonchev–Trinajstić information content (AvgIpc) is 2.49. The summed E-state index contributed by atoms with van der Waals surface area (Å²) in [4.78, 5) is 0. The van der Waals surface area contributed by atoms with Crippen molar-refractivity contribution in [1.29, 1.82) is 0 Å². The van der Waals surface area contributed by atoms with Crippen LogP contribution in [0.25, 0.3) is 0 Å². The second-order valence-electron chi connectivity index (χ2n) is 7.67. The molecule has 0 heterocycles. The molecular formula is C18H39ClN2O2. The molecule has 0 bridgehead atoms. The molecular weight excluding hydrogens is 312 g/mol. The second kappa shape index (κ2) is 12.5. The molecule has 23 heavy (non-hydrogen) atoms. The molecule has 0 aromatic heterocycles. The smallest absolute Gasteiger partial charge is 0.0799 e. The van der Waals surface area contributed by atoms with Crippen LogP contribution in [0.2, 0.25) is 0 Å². The highest BCUT2D eigenvalue weighted by molar-refractivity contribution is 6.18. The largest absolute Gasteiger partial charge is 0.391 e. The molecule has 0 fully saturated rings. The summed E-state index contributed by atoms with van der Waals surface area (Å²) in [5.74, 6) is 0.291. The van der Waals surface area contributed by atoms with Gasteiger partial charge in [0.15, 0.2) is 0 Å². The Kier molecular flexibility index (Phi) is 12.6. The second-order valence-corrected chi connectivity index (χ2v) is 7.98. The Morgan fingerprint density at radius 3 is 2.30 bits per heavy atom. The maximum atomic E-state index is 9.33. The summed E-state index contributed by atoms with van der Waals surface area (Å²) >= 11 is 5.55. The third kappa shape index (κ3) is 14.2. The van der Waals surface area contributed by atoms with Crippen LogP contribution >= 0.6 is 11.6 Å². The van der Waals surface area contributed by atoms with Crippen molar-refractivity contribution < 1.29 is 9.84 Å². The predicted molar refractivity (Wildman–Crippen MR) is 100 cm³/mol. The highest BCUT2D eigenvalue weighted by Gasteiger charge is 2.18. The van der Waals surface area contributed by atoms with E-state index in [0.717, 1.165) is 38.8 Å². The Morgan fingerprint density at radius 1 is 1.04 bits per heavy atom. The lowest BCUT2D eigenvalue weighted by Crippen LogP contribution is -2.36. The van der Waals surface area contributed by atoms with Crippen LogP contribution in [-0.4, -0.2) is 55.0 Å². The van der Waals surface area contributed by atoms with Gasteiger partial charge >= 0.3 is 0 Å². The Labute approximate surface area is 148 Å².